The van der Waals surface area contributed by atoms with Crippen molar-refractivity contribution >= 4 is 0 Å². The highest BCUT2D eigenvalue weighted by molar-refractivity contribution is 4.75. The van der Waals surface area contributed by atoms with Gasteiger partial charge in [-0.3, -0.25) is 0 Å². The Kier molecular flexibility index (Phi) is 10.4. The molecular weight excluding hydrogens is 242 g/mol. The molecule has 1 rings (SSSR count). The van der Waals surface area contributed by atoms with E-state index < -0.39 is 0 Å². The van der Waals surface area contributed by atoms with Gasteiger partial charge in [0, 0.05) is 32.9 Å². The number of nitrogens with one attached hydrogen (secondary N) is 1. The molecule has 0 amide bonds. The lowest BCUT2D eigenvalue weighted by atomic mass is 9.87. The molecule has 1 fully saturated rings. The molecule has 4 nitrogen and oxygen atoms in total. The maximum absolute atomic E-state index is 5.58. The second kappa shape index (κ2) is 11.6. The van der Waals surface area contributed by atoms with Gasteiger partial charge in [-0.1, -0.05) is 19.8 Å². The van der Waals surface area contributed by atoms with Crippen LogP contribution in [0.2, 0.25) is 0 Å². The number of rotatable bonds is 11. The quantitative estimate of drug-likeness (QED) is 0.586. The minimum atomic E-state index is 0.671. The van der Waals surface area contributed by atoms with Crippen LogP contribution in [0.4, 0.5) is 0 Å². The maximum atomic E-state index is 5.58. The Morgan fingerprint density at radius 2 is 1.79 bits per heavy atom. The smallest absolute Gasteiger partial charge is 0.0700 e. The first-order valence-electron chi connectivity index (χ1n) is 7.70. The third-order valence-electron chi connectivity index (χ3n) is 3.62. The Hall–Kier alpha value is -0.160. The van der Waals surface area contributed by atoms with Crippen molar-refractivity contribution in [3.05, 3.63) is 0 Å². The molecule has 114 valence electrons. The number of ether oxygens (including phenoxy) is 3. The summed E-state index contributed by atoms with van der Waals surface area (Å²) in [7, 11) is 1.69. The molecule has 4 heteroatoms. The summed E-state index contributed by atoms with van der Waals surface area (Å²) in [5.41, 5.74) is 0. The van der Waals surface area contributed by atoms with Gasteiger partial charge in [0.25, 0.3) is 0 Å². The Labute approximate surface area is 118 Å². The zero-order valence-corrected chi connectivity index (χ0v) is 12.7. The van der Waals surface area contributed by atoms with Crippen LogP contribution in [-0.2, 0) is 14.2 Å². The molecular formula is C15H31NO3. The number of methoxy groups -OCH3 is 1. The van der Waals surface area contributed by atoms with E-state index in [9.17, 15) is 0 Å². The second-order valence-electron chi connectivity index (χ2n) is 5.49. The van der Waals surface area contributed by atoms with Crippen LogP contribution < -0.4 is 5.32 Å². The zero-order valence-electron chi connectivity index (χ0n) is 12.7. The first kappa shape index (κ1) is 16.9. The zero-order chi connectivity index (χ0) is 13.8. The Morgan fingerprint density at radius 1 is 1.00 bits per heavy atom. The predicted molar refractivity (Wildman–Crippen MR) is 77.6 cm³/mol. The first-order chi connectivity index (χ1) is 9.33. The van der Waals surface area contributed by atoms with Crippen LogP contribution in [0.1, 0.15) is 39.0 Å². The highest BCUT2D eigenvalue weighted by atomic mass is 16.5. The van der Waals surface area contributed by atoms with Gasteiger partial charge in [0.2, 0.25) is 0 Å². The van der Waals surface area contributed by atoms with Gasteiger partial charge < -0.3 is 19.5 Å². The van der Waals surface area contributed by atoms with Gasteiger partial charge in [-0.05, 0) is 25.2 Å². The molecule has 1 aliphatic rings. The van der Waals surface area contributed by atoms with Crippen molar-refractivity contribution in [1.82, 2.24) is 5.32 Å². The molecule has 0 saturated heterocycles. The van der Waals surface area contributed by atoms with Crippen molar-refractivity contribution in [2.24, 2.45) is 5.92 Å². The fourth-order valence-electron chi connectivity index (χ4n) is 2.56. The summed E-state index contributed by atoms with van der Waals surface area (Å²) >= 11 is 0. The van der Waals surface area contributed by atoms with Gasteiger partial charge >= 0.3 is 0 Å². The normalized spacial score (nSPS) is 23.7. The molecule has 19 heavy (non-hydrogen) atoms. The van der Waals surface area contributed by atoms with Crippen molar-refractivity contribution < 1.29 is 14.2 Å². The Bertz CT molecular complexity index is 202. The van der Waals surface area contributed by atoms with E-state index in [1.165, 1.54) is 25.7 Å². The van der Waals surface area contributed by atoms with E-state index in [4.69, 9.17) is 14.2 Å². The molecule has 1 aliphatic carbocycles. The largest absolute Gasteiger partial charge is 0.382 e. The third-order valence-corrected chi connectivity index (χ3v) is 3.62. The van der Waals surface area contributed by atoms with Gasteiger partial charge in [-0.2, -0.15) is 0 Å². The topological polar surface area (TPSA) is 39.7 Å². The van der Waals surface area contributed by atoms with E-state index in [1.807, 2.05) is 0 Å². The summed E-state index contributed by atoms with van der Waals surface area (Å²) in [6.07, 6.45) is 6.39. The summed E-state index contributed by atoms with van der Waals surface area (Å²) in [6.45, 7) is 7.04. The average molecular weight is 273 g/mol. The highest BCUT2D eigenvalue weighted by Gasteiger charge is 2.17. The van der Waals surface area contributed by atoms with Gasteiger partial charge in [-0.15, -0.1) is 0 Å². The summed E-state index contributed by atoms with van der Waals surface area (Å²) in [6, 6.07) is 0.713. The van der Waals surface area contributed by atoms with Crippen molar-refractivity contribution in [1.29, 1.82) is 0 Å². The van der Waals surface area contributed by atoms with Crippen LogP contribution in [0.3, 0.4) is 0 Å². The molecule has 0 spiro atoms. The summed E-state index contributed by atoms with van der Waals surface area (Å²) in [4.78, 5) is 0. The lowest BCUT2D eigenvalue weighted by Gasteiger charge is -2.27. The summed E-state index contributed by atoms with van der Waals surface area (Å²) in [5.74, 6) is 0.886. The predicted octanol–water partition coefficient (Wildman–Crippen LogP) is 2.22. The van der Waals surface area contributed by atoms with Crippen molar-refractivity contribution in [2.75, 3.05) is 46.7 Å². The molecule has 0 aromatic heterocycles. The minimum Gasteiger partial charge on any atom is -0.382 e. The van der Waals surface area contributed by atoms with Gasteiger partial charge in [0.15, 0.2) is 0 Å². The first-order valence-corrected chi connectivity index (χ1v) is 7.70. The molecule has 2 atom stereocenters. The SMILES string of the molecule is COCCOCCCOCCNC1CCCC(C)C1. The highest BCUT2D eigenvalue weighted by Crippen LogP contribution is 2.23. The van der Waals surface area contributed by atoms with E-state index in [0.29, 0.717) is 19.3 Å². The van der Waals surface area contributed by atoms with E-state index in [2.05, 4.69) is 12.2 Å². The summed E-state index contributed by atoms with van der Waals surface area (Å²) in [5, 5.41) is 3.60. The minimum absolute atomic E-state index is 0.671. The van der Waals surface area contributed by atoms with Gasteiger partial charge in [0.05, 0.1) is 19.8 Å². The van der Waals surface area contributed by atoms with Crippen LogP contribution >= 0.6 is 0 Å². The fourth-order valence-corrected chi connectivity index (χ4v) is 2.56. The Balaban J connectivity index is 1.78. The molecule has 0 aliphatic heterocycles. The van der Waals surface area contributed by atoms with Crippen molar-refractivity contribution in [3.63, 3.8) is 0 Å². The molecule has 0 radical (unpaired) electrons. The molecule has 1 N–H and O–H groups in total. The van der Waals surface area contributed by atoms with Crippen molar-refractivity contribution in [3.8, 4) is 0 Å². The second-order valence-corrected chi connectivity index (χ2v) is 5.49. The lowest BCUT2D eigenvalue weighted by Crippen LogP contribution is -2.35. The molecule has 0 heterocycles. The van der Waals surface area contributed by atoms with E-state index in [0.717, 1.165) is 38.7 Å². The van der Waals surface area contributed by atoms with Crippen LogP contribution in [0.25, 0.3) is 0 Å². The number of hydrogen-bond acceptors (Lipinski definition) is 4. The lowest BCUT2D eigenvalue weighted by molar-refractivity contribution is 0.0513. The molecule has 2 unspecified atom stereocenters. The molecule has 0 aromatic rings. The van der Waals surface area contributed by atoms with Crippen LogP contribution in [0, 0.1) is 5.92 Å². The van der Waals surface area contributed by atoms with E-state index in [-0.39, 0.29) is 0 Å². The monoisotopic (exact) mass is 273 g/mol. The molecule has 0 aromatic carbocycles. The van der Waals surface area contributed by atoms with Gasteiger partial charge in [-0.25, -0.2) is 0 Å². The fraction of sp³-hybridized carbons (Fsp3) is 1.00. The van der Waals surface area contributed by atoms with E-state index in [1.54, 1.807) is 7.11 Å². The molecule has 1 saturated carbocycles. The van der Waals surface area contributed by atoms with Crippen LogP contribution in [0.5, 0.6) is 0 Å². The van der Waals surface area contributed by atoms with Gasteiger partial charge in [0.1, 0.15) is 0 Å². The van der Waals surface area contributed by atoms with Crippen molar-refractivity contribution in [2.45, 2.75) is 45.1 Å². The standard InChI is InChI=1S/C15H31NO3/c1-14-5-3-6-15(13-14)16-7-10-18-8-4-9-19-12-11-17-2/h14-16H,3-13H2,1-2H3. The third kappa shape index (κ3) is 9.38. The Morgan fingerprint density at radius 3 is 2.53 bits per heavy atom. The maximum Gasteiger partial charge on any atom is 0.0700 e. The number of hydrogen-bond donors (Lipinski definition) is 1. The average Bonchev–Trinajstić information content (AvgIpc) is 2.41. The van der Waals surface area contributed by atoms with Crippen LogP contribution in [0.15, 0.2) is 0 Å². The molecule has 0 bridgehead atoms. The van der Waals surface area contributed by atoms with E-state index >= 15 is 0 Å². The van der Waals surface area contributed by atoms with Crippen LogP contribution in [-0.4, -0.2) is 52.7 Å². The summed E-state index contributed by atoms with van der Waals surface area (Å²) < 4.78 is 15.9.